The van der Waals surface area contributed by atoms with Gasteiger partial charge in [-0.05, 0) is 63.8 Å². The highest BCUT2D eigenvalue weighted by molar-refractivity contribution is 7.89. The van der Waals surface area contributed by atoms with Crippen LogP contribution >= 0.6 is 0 Å². The lowest BCUT2D eigenvalue weighted by atomic mass is 9.85. The second-order valence-corrected chi connectivity index (χ2v) is 8.86. The van der Waals surface area contributed by atoms with E-state index >= 15 is 0 Å². The topological polar surface area (TPSA) is 57.7 Å². The molecular formula is C17H24N2O3S. The van der Waals surface area contributed by atoms with E-state index in [1.54, 1.807) is 21.3 Å². The molecule has 126 valence electrons. The molecular weight excluding hydrogens is 312 g/mol. The van der Waals surface area contributed by atoms with Gasteiger partial charge in [-0.3, -0.25) is 4.79 Å². The second-order valence-electron chi connectivity index (χ2n) is 6.92. The minimum absolute atomic E-state index is 0.0359. The standard InChI is InChI=1S/C17H24N2O3S/c1-5-19-15-12(2)10-13(11-14(15)17(3,4)16(19)20)23(21,22)18-8-6-7-9-18/h10-11H,5-9H2,1-4H3. The minimum Gasteiger partial charge on any atom is -0.311 e. The van der Waals surface area contributed by atoms with Crippen molar-refractivity contribution in [3.05, 3.63) is 23.3 Å². The number of fused-ring (bicyclic) bond motifs is 1. The van der Waals surface area contributed by atoms with Gasteiger partial charge in [-0.25, -0.2) is 8.42 Å². The maximum atomic E-state index is 12.9. The molecule has 1 fully saturated rings. The Hall–Kier alpha value is -1.40. The number of likely N-dealkylation sites (N-methyl/N-ethyl adjacent to an activating group) is 1. The second kappa shape index (κ2) is 5.31. The highest BCUT2D eigenvalue weighted by atomic mass is 32.2. The first-order valence-electron chi connectivity index (χ1n) is 8.18. The molecule has 23 heavy (non-hydrogen) atoms. The van der Waals surface area contributed by atoms with Crippen LogP contribution in [-0.4, -0.2) is 38.3 Å². The van der Waals surface area contributed by atoms with E-state index in [1.807, 2.05) is 27.7 Å². The first-order valence-corrected chi connectivity index (χ1v) is 9.62. The number of carbonyl (C=O) groups excluding carboxylic acids is 1. The SMILES string of the molecule is CCN1C(=O)C(C)(C)c2cc(S(=O)(=O)N3CCCC3)cc(C)c21. The van der Waals surface area contributed by atoms with Gasteiger partial charge in [0.25, 0.3) is 0 Å². The number of aryl methyl sites for hydroxylation is 1. The predicted molar refractivity (Wildman–Crippen MR) is 90.2 cm³/mol. The van der Waals surface area contributed by atoms with Crippen molar-refractivity contribution in [2.45, 2.75) is 50.8 Å². The summed E-state index contributed by atoms with van der Waals surface area (Å²) in [6, 6.07) is 3.42. The van der Waals surface area contributed by atoms with Gasteiger partial charge in [0.2, 0.25) is 15.9 Å². The third-order valence-electron chi connectivity index (χ3n) is 5.02. The lowest BCUT2D eigenvalue weighted by Crippen LogP contribution is -2.36. The van der Waals surface area contributed by atoms with E-state index < -0.39 is 15.4 Å². The van der Waals surface area contributed by atoms with Gasteiger partial charge in [-0.1, -0.05) is 0 Å². The Bertz CT molecular complexity index is 762. The number of sulfonamides is 1. The molecule has 3 rings (SSSR count). The Morgan fingerprint density at radius 1 is 1.17 bits per heavy atom. The average Bonchev–Trinajstić information content (AvgIpc) is 3.08. The number of nitrogens with zero attached hydrogens (tertiary/aromatic N) is 2. The summed E-state index contributed by atoms with van der Waals surface area (Å²) < 4.78 is 27.3. The monoisotopic (exact) mass is 336 g/mol. The molecule has 2 heterocycles. The molecule has 0 saturated carbocycles. The van der Waals surface area contributed by atoms with Gasteiger partial charge in [0.15, 0.2) is 0 Å². The summed E-state index contributed by atoms with van der Waals surface area (Å²) >= 11 is 0. The molecule has 0 atom stereocenters. The summed E-state index contributed by atoms with van der Waals surface area (Å²) in [6.45, 7) is 9.33. The quantitative estimate of drug-likeness (QED) is 0.852. The minimum atomic E-state index is -3.47. The molecule has 1 aromatic rings. The summed E-state index contributed by atoms with van der Waals surface area (Å²) in [5.41, 5.74) is 1.86. The van der Waals surface area contributed by atoms with Gasteiger partial charge < -0.3 is 4.90 Å². The van der Waals surface area contributed by atoms with Gasteiger partial charge in [0, 0.05) is 19.6 Å². The van der Waals surface area contributed by atoms with E-state index in [2.05, 4.69) is 0 Å². The van der Waals surface area contributed by atoms with E-state index in [0.717, 1.165) is 29.7 Å². The molecule has 1 amide bonds. The number of anilines is 1. The molecule has 5 nitrogen and oxygen atoms in total. The first kappa shape index (κ1) is 16.5. The predicted octanol–water partition coefficient (Wildman–Crippen LogP) is 2.42. The average molecular weight is 336 g/mol. The van der Waals surface area contributed by atoms with Crippen LogP contribution in [0.4, 0.5) is 5.69 Å². The number of carbonyl (C=O) groups is 1. The molecule has 2 aliphatic heterocycles. The highest BCUT2D eigenvalue weighted by Crippen LogP contribution is 2.44. The van der Waals surface area contributed by atoms with E-state index in [-0.39, 0.29) is 5.91 Å². The van der Waals surface area contributed by atoms with Crippen LogP contribution in [0.5, 0.6) is 0 Å². The van der Waals surface area contributed by atoms with Crippen LogP contribution in [0.25, 0.3) is 0 Å². The van der Waals surface area contributed by atoms with E-state index in [4.69, 9.17) is 0 Å². The molecule has 0 aromatic heterocycles. The van der Waals surface area contributed by atoms with E-state index in [9.17, 15) is 13.2 Å². The maximum absolute atomic E-state index is 12.9. The molecule has 2 aliphatic rings. The zero-order valence-corrected chi connectivity index (χ0v) is 15.0. The van der Waals surface area contributed by atoms with Gasteiger partial charge in [-0.15, -0.1) is 0 Å². The summed E-state index contributed by atoms with van der Waals surface area (Å²) in [5, 5.41) is 0. The molecule has 6 heteroatoms. The number of hydrogen-bond acceptors (Lipinski definition) is 3. The number of rotatable bonds is 3. The van der Waals surface area contributed by atoms with Gasteiger partial charge in [0.05, 0.1) is 16.0 Å². The Balaban J connectivity index is 2.17. The summed E-state index contributed by atoms with van der Waals surface area (Å²) in [7, 11) is -3.47. The lowest BCUT2D eigenvalue weighted by Gasteiger charge is -2.20. The largest absolute Gasteiger partial charge is 0.311 e. The Morgan fingerprint density at radius 3 is 2.35 bits per heavy atom. The zero-order valence-electron chi connectivity index (χ0n) is 14.2. The molecule has 0 bridgehead atoms. The zero-order chi connectivity index (χ0) is 17.0. The fourth-order valence-corrected chi connectivity index (χ4v) is 5.29. The van der Waals surface area contributed by atoms with Crippen LogP contribution < -0.4 is 4.90 Å². The van der Waals surface area contributed by atoms with Crippen molar-refractivity contribution in [2.24, 2.45) is 0 Å². The van der Waals surface area contributed by atoms with Crippen LogP contribution in [0.3, 0.4) is 0 Å². The fourth-order valence-electron chi connectivity index (χ4n) is 3.66. The lowest BCUT2D eigenvalue weighted by molar-refractivity contribution is -0.122. The maximum Gasteiger partial charge on any atom is 0.243 e. The summed E-state index contributed by atoms with van der Waals surface area (Å²) in [4.78, 5) is 14.7. The van der Waals surface area contributed by atoms with Crippen LogP contribution in [0.15, 0.2) is 17.0 Å². The van der Waals surface area contributed by atoms with Gasteiger partial charge in [0.1, 0.15) is 0 Å². The van der Waals surface area contributed by atoms with Gasteiger partial charge >= 0.3 is 0 Å². The van der Waals surface area contributed by atoms with Crippen molar-refractivity contribution >= 4 is 21.6 Å². The van der Waals surface area contributed by atoms with Crippen molar-refractivity contribution in [3.63, 3.8) is 0 Å². The van der Waals surface area contributed by atoms with Crippen molar-refractivity contribution in [2.75, 3.05) is 24.5 Å². The number of hydrogen-bond donors (Lipinski definition) is 0. The van der Waals surface area contributed by atoms with E-state index in [0.29, 0.717) is 24.5 Å². The normalized spacial score (nSPS) is 21.0. The van der Waals surface area contributed by atoms with Crippen LogP contribution in [0.1, 0.15) is 44.7 Å². The van der Waals surface area contributed by atoms with Crippen molar-refractivity contribution in [1.82, 2.24) is 4.31 Å². The van der Waals surface area contributed by atoms with Crippen molar-refractivity contribution < 1.29 is 13.2 Å². The van der Waals surface area contributed by atoms with E-state index in [1.165, 1.54) is 0 Å². The molecule has 1 saturated heterocycles. The Labute approximate surface area is 138 Å². The van der Waals surface area contributed by atoms with Crippen molar-refractivity contribution in [1.29, 1.82) is 0 Å². The third kappa shape index (κ3) is 2.31. The molecule has 0 radical (unpaired) electrons. The van der Waals surface area contributed by atoms with Crippen molar-refractivity contribution in [3.8, 4) is 0 Å². The van der Waals surface area contributed by atoms with Crippen LogP contribution in [0.2, 0.25) is 0 Å². The van der Waals surface area contributed by atoms with Crippen LogP contribution in [0, 0.1) is 6.92 Å². The third-order valence-corrected chi connectivity index (χ3v) is 6.89. The molecule has 0 spiro atoms. The molecule has 1 aromatic carbocycles. The molecule has 0 aliphatic carbocycles. The molecule has 0 N–H and O–H groups in total. The molecule has 0 unspecified atom stereocenters. The highest BCUT2D eigenvalue weighted by Gasteiger charge is 2.45. The first-order chi connectivity index (χ1) is 10.7. The Morgan fingerprint density at radius 2 is 1.78 bits per heavy atom. The Kier molecular flexibility index (Phi) is 3.80. The summed E-state index contributed by atoms with van der Waals surface area (Å²) in [6.07, 6.45) is 1.83. The van der Waals surface area contributed by atoms with Gasteiger partial charge in [-0.2, -0.15) is 4.31 Å². The fraction of sp³-hybridized carbons (Fsp3) is 0.588. The number of amides is 1. The smallest absolute Gasteiger partial charge is 0.243 e. The number of benzene rings is 1. The summed E-state index contributed by atoms with van der Waals surface area (Å²) in [5.74, 6) is 0.0359. The van der Waals surface area contributed by atoms with Crippen LogP contribution in [-0.2, 0) is 20.2 Å².